The summed E-state index contributed by atoms with van der Waals surface area (Å²) in [6, 6.07) is 8.90. The van der Waals surface area contributed by atoms with Crippen LogP contribution in [0.2, 0.25) is 18.1 Å². The lowest BCUT2D eigenvalue weighted by Crippen LogP contribution is -2.82. The summed E-state index contributed by atoms with van der Waals surface area (Å²) in [7, 11) is -2.65. The molecule has 11 atom stereocenters. The van der Waals surface area contributed by atoms with Gasteiger partial charge in [0, 0.05) is 37.5 Å². The molecule has 1 heterocycles. The van der Waals surface area contributed by atoms with Crippen molar-refractivity contribution in [2.24, 2.45) is 28.1 Å². The van der Waals surface area contributed by atoms with Crippen LogP contribution in [-0.4, -0.2) is 120 Å². The quantitative estimate of drug-likeness (QED) is 0.0657. The van der Waals surface area contributed by atoms with E-state index >= 15 is 9.59 Å². The summed E-state index contributed by atoms with van der Waals surface area (Å²) < 4.78 is 44.9. The summed E-state index contributed by atoms with van der Waals surface area (Å²) in [4.78, 5) is 86.8. The van der Waals surface area contributed by atoms with E-state index in [9.17, 15) is 29.4 Å². The zero-order chi connectivity index (χ0) is 53.0. The third kappa shape index (κ3) is 9.99. The molecule has 4 aliphatic rings. The van der Waals surface area contributed by atoms with Crippen molar-refractivity contribution in [1.82, 2.24) is 5.32 Å². The molecule has 1 aliphatic heterocycles. The lowest BCUT2D eigenvalue weighted by Gasteiger charge is -2.68. The Hall–Kier alpha value is -4.16. The molecular formula is C53H81NO15Si. The standard InChI is InChI=1S/C53H81NO15Si/c1-18-70(19-2,20-3)69-37-27-38-51(29-63-38,67-33(8)56)41-43(66-44(58)34-24-22-21-23-25-34)52(61)28-35(31(6)39(49(52,15)16)40(64-32(7)55)42(57)50(37,41)17)65-45(59)53(62,47(9,10)11)36(26-30(4)5)54-46(60)68-48(12,13)14/h21-25,30,35-38,40-41,43,61-62H,18-20,26-29H2,1-17H3,(H,54,60)/t35-,36-,37-,38+,40+,41-,43-,50+,51-,52+,53-/m0/s1. The summed E-state index contributed by atoms with van der Waals surface area (Å²) in [5.74, 6) is -5.84. The maximum atomic E-state index is 16.4. The average Bonchev–Trinajstić information content (AvgIpc) is 3.24. The van der Waals surface area contributed by atoms with E-state index in [0.29, 0.717) is 18.1 Å². The van der Waals surface area contributed by atoms with E-state index in [1.54, 1.807) is 99.6 Å². The minimum absolute atomic E-state index is 0.0766. The summed E-state index contributed by atoms with van der Waals surface area (Å²) in [6.07, 6.45) is -8.07. The van der Waals surface area contributed by atoms with Gasteiger partial charge in [0.15, 0.2) is 31.4 Å². The second-order valence-electron chi connectivity index (χ2n) is 23.3. The van der Waals surface area contributed by atoms with Gasteiger partial charge in [-0.25, -0.2) is 14.4 Å². The van der Waals surface area contributed by atoms with Gasteiger partial charge in [0.2, 0.25) is 0 Å². The maximum Gasteiger partial charge on any atom is 0.407 e. The highest BCUT2D eigenvalue weighted by molar-refractivity contribution is 6.73. The number of amides is 1. The molecule has 2 bridgehead atoms. The molecule has 1 saturated heterocycles. The number of ether oxygens (including phenoxy) is 6. The van der Waals surface area contributed by atoms with Gasteiger partial charge < -0.3 is 48.4 Å². The van der Waals surface area contributed by atoms with Crippen LogP contribution in [0.3, 0.4) is 0 Å². The number of hydrogen-bond acceptors (Lipinski definition) is 15. The van der Waals surface area contributed by atoms with Gasteiger partial charge in [-0.3, -0.25) is 14.4 Å². The Bertz CT molecular complexity index is 2180. The van der Waals surface area contributed by atoms with Gasteiger partial charge >= 0.3 is 30.0 Å². The molecule has 1 amide bonds. The van der Waals surface area contributed by atoms with Crippen molar-refractivity contribution in [1.29, 1.82) is 0 Å². The van der Waals surface area contributed by atoms with Crippen LogP contribution in [0.4, 0.5) is 4.79 Å². The summed E-state index contributed by atoms with van der Waals surface area (Å²) in [6.45, 7) is 28.5. The van der Waals surface area contributed by atoms with Gasteiger partial charge in [-0.05, 0) is 88.4 Å². The third-order valence-corrected chi connectivity index (χ3v) is 20.7. The first-order valence-corrected chi connectivity index (χ1v) is 27.5. The van der Waals surface area contributed by atoms with Gasteiger partial charge in [0.05, 0.1) is 35.6 Å². The second kappa shape index (κ2) is 20.0. The monoisotopic (exact) mass is 1000 g/mol. The number of carbonyl (C=O) groups is 6. The van der Waals surface area contributed by atoms with Gasteiger partial charge in [0.25, 0.3) is 0 Å². The van der Waals surface area contributed by atoms with E-state index in [4.69, 9.17) is 32.8 Å². The van der Waals surface area contributed by atoms with Crippen LogP contribution in [0, 0.1) is 28.1 Å². The van der Waals surface area contributed by atoms with E-state index in [1.807, 2.05) is 34.6 Å². The fourth-order valence-electron chi connectivity index (χ4n) is 11.9. The van der Waals surface area contributed by atoms with Crippen LogP contribution in [0.5, 0.6) is 0 Å². The van der Waals surface area contributed by atoms with E-state index in [2.05, 4.69) is 5.32 Å². The zero-order valence-corrected chi connectivity index (χ0v) is 45.7. The maximum absolute atomic E-state index is 16.4. The second-order valence-corrected chi connectivity index (χ2v) is 28.1. The molecule has 3 N–H and O–H groups in total. The molecular weight excluding hydrogens is 919 g/mol. The van der Waals surface area contributed by atoms with Crippen LogP contribution < -0.4 is 5.32 Å². The average molecular weight is 1000 g/mol. The predicted octanol–water partition coefficient (Wildman–Crippen LogP) is 7.95. The highest BCUT2D eigenvalue weighted by atomic mass is 28.4. The number of aliphatic hydroxyl groups is 2. The SMILES string of the molecule is CC[Si](CC)(CC)O[C@H]1C[C@H]2OC[C@@]2(OC(C)=O)[C@H]2[C@H](OC(=O)c3ccccc3)[C@]3(O)C[C@H](OC(=O)[C@@](O)([C@H](CC(C)C)NC(=O)OC(C)(C)C)C(C)(C)C)C(C)=C([C@@H](OC(C)=O)C(=O)[C@]12C)C3(C)C. The summed E-state index contributed by atoms with van der Waals surface area (Å²) in [5.41, 5.74) is -11.8. The largest absolute Gasteiger partial charge is 0.456 e. The summed E-state index contributed by atoms with van der Waals surface area (Å²) >= 11 is 0. The fraction of sp³-hybridized carbons (Fsp3) is 0.736. The molecule has 17 heteroatoms. The fourth-order valence-corrected chi connectivity index (χ4v) is 14.9. The van der Waals surface area contributed by atoms with E-state index < -0.39 is 132 Å². The molecule has 0 spiro atoms. The number of esters is 4. The number of Topliss-reactive ketones (excluding diaryl/α,β-unsaturated/α-hetero) is 1. The minimum Gasteiger partial charge on any atom is -0.456 e. The number of benzene rings is 1. The Morgan fingerprint density at radius 3 is 1.96 bits per heavy atom. The Morgan fingerprint density at radius 2 is 1.49 bits per heavy atom. The topological polar surface area (TPSA) is 220 Å². The Morgan fingerprint density at radius 1 is 0.900 bits per heavy atom. The van der Waals surface area contributed by atoms with Crippen molar-refractivity contribution in [2.45, 2.75) is 214 Å². The molecule has 1 aromatic rings. The molecule has 0 radical (unpaired) electrons. The van der Waals surface area contributed by atoms with Crippen molar-refractivity contribution in [3.63, 3.8) is 0 Å². The Labute approximate surface area is 415 Å². The first-order chi connectivity index (χ1) is 32.2. The van der Waals surface area contributed by atoms with Crippen molar-refractivity contribution in [3.8, 4) is 0 Å². The lowest BCUT2D eigenvalue weighted by atomic mass is 9.44. The third-order valence-electron chi connectivity index (χ3n) is 16.1. The number of nitrogens with one attached hydrogen (secondary N) is 1. The number of fused-ring (bicyclic) bond motifs is 5. The normalized spacial score (nSPS) is 31.0. The lowest BCUT2D eigenvalue weighted by molar-refractivity contribution is -0.344. The highest BCUT2D eigenvalue weighted by Gasteiger charge is 2.79. The zero-order valence-electron chi connectivity index (χ0n) is 44.7. The van der Waals surface area contributed by atoms with E-state index in [0.717, 1.165) is 6.92 Å². The first-order valence-electron chi connectivity index (χ1n) is 25.0. The molecule has 5 rings (SSSR count). The number of alkyl carbamates (subject to hydrolysis) is 1. The van der Waals surface area contributed by atoms with Crippen LogP contribution in [0.1, 0.15) is 147 Å². The van der Waals surface area contributed by atoms with E-state index in [1.165, 1.54) is 6.92 Å². The van der Waals surface area contributed by atoms with Gasteiger partial charge in [0.1, 0.15) is 29.5 Å². The van der Waals surface area contributed by atoms with Crippen LogP contribution in [0.25, 0.3) is 0 Å². The van der Waals surface area contributed by atoms with Crippen molar-refractivity contribution in [2.75, 3.05) is 6.61 Å². The highest BCUT2D eigenvalue weighted by Crippen LogP contribution is 2.65. The Balaban J connectivity index is 1.87. The molecule has 2 saturated carbocycles. The summed E-state index contributed by atoms with van der Waals surface area (Å²) in [5, 5.41) is 29.9. The van der Waals surface area contributed by atoms with Crippen LogP contribution >= 0.6 is 0 Å². The minimum atomic E-state index is -2.65. The van der Waals surface area contributed by atoms with Crippen molar-refractivity contribution >= 4 is 44.1 Å². The number of carbonyl (C=O) groups excluding carboxylic acids is 6. The van der Waals surface area contributed by atoms with Crippen molar-refractivity contribution in [3.05, 3.63) is 47.0 Å². The smallest absolute Gasteiger partial charge is 0.407 e. The number of rotatable bonds is 15. The molecule has 1 aromatic carbocycles. The van der Waals surface area contributed by atoms with Crippen LogP contribution in [0.15, 0.2) is 41.5 Å². The van der Waals surface area contributed by atoms with Crippen molar-refractivity contribution < 1.29 is 71.8 Å². The molecule has 3 fully saturated rings. The number of hydrogen-bond donors (Lipinski definition) is 3. The molecule has 16 nitrogen and oxygen atoms in total. The number of ketones is 1. The Kier molecular flexibility index (Phi) is 16.2. The molecule has 0 unspecified atom stereocenters. The van der Waals surface area contributed by atoms with Crippen LogP contribution in [-0.2, 0) is 52.0 Å². The molecule has 392 valence electrons. The first kappa shape index (κ1) is 56.7. The van der Waals surface area contributed by atoms with E-state index in [-0.39, 0.29) is 42.1 Å². The van der Waals surface area contributed by atoms with Gasteiger partial charge in [-0.1, -0.05) is 87.4 Å². The predicted molar refractivity (Wildman–Crippen MR) is 262 cm³/mol. The molecule has 3 aliphatic carbocycles. The van der Waals surface area contributed by atoms with Gasteiger partial charge in [-0.2, -0.15) is 0 Å². The molecule has 70 heavy (non-hydrogen) atoms. The molecule has 0 aromatic heterocycles. The van der Waals surface area contributed by atoms with Gasteiger partial charge in [-0.15, -0.1) is 0 Å².